The predicted molar refractivity (Wildman–Crippen MR) is 53.8 cm³/mol. The molecule has 0 atom stereocenters. The lowest BCUT2D eigenvalue weighted by molar-refractivity contribution is -0.123. The van der Waals surface area contributed by atoms with Crippen LogP contribution in [0.3, 0.4) is 0 Å². The van der Waals surface area contributed by atoms with Crippen molar-refractivity contribution in [1.29, 1.82) is 0 Å². The normalized spacial score (nSPS) is 11.3. The number of amides is 1. The molecule has 0 unspecified atom stereocenters. The number of benzene rings is 1. The fraction of sp³-hybridized carbons (Fsp3) is 0.200. The molecule has 1 rings (SSSR count). The molecule has 0 aliphatic rings. The number of halogens is 1. The number of carbonyl (C=O) groups excluding carboxylic acids is 1. The van der Waals surface area contributed by atoms with Crippen LogP contribution in [0, 0.1) is 5.82 Å². The Kier molecular flexibility index (Phi) is 3.93. The Morgan fingerprint density at radius 2 is 2.20 bits per heavy atom. The van der Waals surface area contributed by atoms with E-state index >= 15 is 0 Å². The van der Waals surface area contributed by atoms with Crippen LogP contribution in [0.2, 0.25) is 0 Å². The van der Waals surface area contributed by atoms with Gasteiger partial charge >= 0.3 is 0 Å². The van der Waals surface area contributed by atoms with Gasteiger partial charge in [0.05, 0.1) is 5.71 Å². The van der Waals surface area contributed by atoms with E-state index in [1.54, 1.807) is 25.1 Å². The van der Waals surface area contributed by atoms with Crippen molar-refractivity contribution in [2.75, 3.05) is 6.61 Å². The average Bonchev–Trinajstić information content (AvgIpc) is 2.26. The number of hydrogen-bond donors (Lipinski definition) is 2. The van der Waals surface area contributed by atoms with Crippen molar-refractivity contribution in [3.05, 3.63) is 35.6 Å². The SMILES string of the molecule is CC(=NNC(=O)CO)c1ccccc1F. The number of aliphatic hydroxyl groups excluding tert-OH is 1. The van der Waals surface area contributed by atoms with Gasteiger partial charge in [0.25, 0.3) is 5.91 Å². The molecule has 0 bridgehead atoms. The Bertz CT molecular complexity index is 391. The van der Waals surface area contributed by atoms with Crippen LogP contribution in [-0.2, 0) is 4.79 Å². The number of rotatable bonds is 3. The fourth-order valence-corrected chi connectivity index (χ4v) is 0.996. The van der Waals surface area contributed by atoms with Gasteiger partial charge in [-0.2, -0.15) is 5.10 Å². The van der Waals surface area contributed by atoms with E-state index < -0.39 is 18.3 Å². The van der Waals surface area contributed by atoms with E-state index in [2.05, 4.69) is 10.5 Å². The smallest absolute Gasteiger partial charge is 0.265 e. The molecule has 80 valence electrons. The molecule has 15 heavy (non-hydrogen) atoms. The number of nitrogens with zero attached hydrogens (tertiary/aromatic N) is 1. The van der Waals surface area contributed by atoms with Gasteiger partial charge in [-0.25, -0.2) is 9.82 Å². The second-order valence-corrected chi connectivity index (χ2v) is 2.87. The van der Waals surface area contributed by atoms with E-state index in [-0.39, 0.29) is 0 Å². The van der Waals surface area contributed by atoms with Crippen molar-refractivity contribution in [1.82, 2.24) is 5.43 Å². The van der Waals surface area contributed by atoms with E-state index in [1.165, 1.54) is 6.07 Å². The Morgan fingerprint density at radius 1 is 1.53 bits per heavy atom. The van der Waals surface area contributed by atoms with Crippen molar-refractivity contribution >= 4 is 11.6 Å². The number of hydrogen-bond acceptors (Lipinski definition) is 3. The Balaban J connectivity index is 2.80. The van der Waals surface area contributed by atoms with Crippen LogP contribution >= 0.6 is 0 Å². The molecule has 4 nitrogen and oxygen atoms in total. The van der Waals surface area contributed by atoms with Gasteiger partial charge in [-0.3, -0.25) is 4.79 Å². The maximum absolute atomic E-state index is 13.2. The highest BCUT2D eigenvalue weighted by Crippen LogP contribution is 2.06. The highest BCUT2D eigenvalue weighted by atomic mass is 19.1. The Hall–Kier alpha value is -1.75. The average molecular weight is 210 g/mol. The molecule has 0 fully saturated rings. The molecule has 0 heterocycles. The van der Waals surface area contributed by atoms with Crippen LogP contribution in [0.25, 0.3) is 0 Å². The molecule has 0 spiro atoms. The highest BCUT2D eigenvalue weighted by Gasteiger charge is 2.04. The van der Waals surface area contributed by atoms with Gasteiger partial charge < -0.3 is 5.11 Å². The van der Waals surface area contributed by atoms with Gasteiger partial charge in [-0.1, -0.05) is 18.2 Å². The largest absolute Gasteiger partial charge is 0.386 e. The second-order valence-electron chi connectivity index (χ2n) is 2.87. The van der Waals surface area contributed by atoms with Gasteiger partial charge in [0.2, 0.25) is 0 Å². The quantitative estimate of drug-likeness (QED) is 0.568. The molecule has 0 aliphatic heterocycles. The van der Waals surface area contributed by atoms with Crippen molar-refractivity contribution in [3.63, 3.8) is 0 Å². The highest BCUT2D eigenvalue weighted by molar-refractivity contribution is 5.99. The van der Waals surface area contributed by atoms with Gasteiger partial charge in [0.15, 0.2) is 0 Å². The van der Waals surface area contributed by atoms with E-state index in [1.807, 2.05) is 0 Å². The molecule has 0 aromatic heterocycles. The molecule has 1 aromatic carbocycles. The summed E-state index contributed by atoms with van der Waals surface area (Å²) in [5.41, 5.74) is 2.75. The molecule has 2 N–H and O–H groups in total. The third kappa shape index (κ3) is 3.14. The summed E-state index contributed by atoms with van der Waals surface area (Å²) in [6, 6.07) is 6.10. The number of carbonyl (C=O) groups is 1. The zero-order chi connectivity index (χ0) is 11.3. The summed E-state index contributed by atoms with van der Waals surface area (Å²) in [6.07, 6.45) is 0. The lowest BCUT2D eigenvalue weighted by atomic mass is 10.1. The standard InChI is InChI=1S/C10H11FN2O2/c1-7(12-13-10(15)6-14)8-4-2-3-5-9(8)11/h2-5,14H,6H2,1H3,(H,13,15). The minimum Gasteiger partial charge on any atom is -0.386 e. The first-order chi connectivity index (χ1) is 7.15. The molecule has 0 saturated heterocycles. The van der Waals surface area contributed by atoms with Crippen LogP contribution in [-0.4, -0.2) is 23.3 Å². The zero-order valence-corrected chi connectivity index (χ0v) is 8.20. The molecule has 0 saturated carbocycles. The van der Waals surface area contributed by atoms with Crippen LogP contribution in [0.1, 0.15) is 12.5 Å². The summed E-state index contributed by atoms with van der Waals surface area (Å²) in [4.78, 5) is 10.7. The molecule has 5 heteroatoms. The minimum atomic E-state index is -0.645. The van der Waals surface area contributed by atoms with Gasteiger partial charge in [-0.15, -0.1) is 0 Å². The summed E-state index contributed by atoms with van der Waals surface area (Å²) in [6.45, 7) is 0.921. The molecule has 0 aliphatic carbocycles. The van der Waals surface area contributed by atoms with Crippen LogP contribution in [0.4, 0.5) is 4.39 Å². The lowest BCUT2D eigenvalue weighted by Gasteiger charge is -2.02. The van der Waals surface area contributed by atoms with Gasteiger partial charge in [0, 0.05) is 5.56 Å². The summed E-state index contributed by atoms with van der Waals surface area (Å²) >= 11 is 0. The Morgan fingerprint density at radius 3 is 2.80 bits per heavy atom. The van der Waals surface area contributed by atoms with Crippen LogP contribution in [0.5, 0.6) is 0 Å². The maximum atomic E-state index is 13.2. The number of hydrazone groups is 1. The molecule has 1 amide bonds. The maximum Gasteiger partial charge on any atom is 0.265 e. The van der Waals surface area contributed by atoms with Crippen LogP contribution in [0.15, 0.2) is 29.4 Å². The fourth-order valence-electron chi connectivity index (χ4n) is 0.996. The van der Waals surface area contributed by atoms with Gasteiger partial charge in [0.1, 0.15) is 12.4 Å². The molecular formula is C10H11FN2O2. The van der Waals surface area contributed by atoms with Gasteiger partial charge in [-0.05, 0) is 13.0 Å². The third-order valence-corrected chi connectivity index (χ3v) is 1.76. The van der Waals surface area contributed by atoms with Crippen LogP contribution < -0.4 is 5.43 Å². The molecular weight excluding hydrogens is 199 g/mol. The first kappa shape index (κ1) is 11.3. The summed E-state index contributed by atoms with van der Waals surface area (Å²) < 4.78 is 13.2. The number of aliphatic hydroxyl groups is 1. The predicted octanol–water partition coefficient (Wildman–Crippen LogP) is 0.658. The van der Waals surface area contributed by atoms with E-state index in [0.29, 0.717) is 11.3 Å². The van der Waals surface area contributed by atoms with Crippen molar-refractivity contribution in [2.45, 2.75) is 6.92 Å². The van der Waals surface area contributed by atoms with E-state index in [4.69, 9.17) is 5.11 Å². The minimum absolute atomic E-state index is 0.315. The summed E-state index contributed by atoms with van der Waals surface area (Å²) in [5.74, 6) is -1.04. The Labute approximate surface area is 86.4 Å². The van der Waals surface area contributed by atoms with E-state index in [9.17, 15) is 9.18 Å². The lowest BCUT2D eigenvalue weighted by Crippen LogP contribution is -2.22. The third-order valence-electron chi connectivity index (χ3n) is 1.76. The van der Waals surface area contributed by atoms with Crippen molar-refractivity contribution in [3.8, 4) is 0 Å². The van der Waals surface area contributed by atoms with E-state index in [0.717, 1.165) is 0 Å². The topological polar surface area (TPSA) is 61.7 Å². The summed E-state index contributed by atoms with van der Waals surface area (Å²) in [7, 11) is 0. The molecule has 1 aromatic rings. The summed E-state index contributed by atoms with van der Waals surface area (Å²) in [5, 5.41) is 12.1. The first-order valence-electron chi connectivity index (χ1n) is 4.34. The monoisotopic (exact) mass is 210 g/mol. The molecule has 0 radical (unpaired) electrons. The number of nitrogens with one attached hydrogen (secondary N) is 1. The van der Waals surface area contributed by atoms with Crippen molar-refractivity contribution in [2.24, 2.45) is 5.10 Å². The first-order valence-corrected chi connectivity index (χ1v) is 4.34. The van der Waals surface area contributed by atoms with Crippen molar-refractivity contribution < 1.29 is 14.3 Å². The zero-order valence-electron chi connectivity index (χ0n) is 8.20. The second kappa shape index (κ2) is 5.21.